The van der Waals surface area contributed by atoms with Crippen LogP contribution in [0.2, 0.25) is 0 Å². The second kappa shape index (κ2) is 6.66. The first-order chi connectivity index (χ1) is 11.6. The SMILES string of the molecule is COc1ccc(/C=C2\c3occc3C=CN2C(=O)OC(C)C)cc1. The molecule has 2 aromatic rings. The molecule has 24 heavy (non-hydrogen) atoms. The molecule has 124 valence electrons. The summed E-state index contributed by atoms with van der Waals surface area (Å²) in [6, 6.07) is 9.42. The first-order valence-electron chi connectivity index (χ1n) is 7.70. The van der Waals surface area contributed by atoms with Crippen LogP contribution >= 0.6 is 0 Å². The summed E-state index contributed by atoms with van der Waals surface area (Å²) in [4.78, 5) is 13.8. The average Bonchev–Trinajstić information content (AvgIpc) is 3.04. The van der Waals surface area contributed by atoms with Crippen molar-refractivity contribution in [3.05, 3.63) is 59.7 Å². The molecule has 1 aromatic heterocycles. The molecule has 5 nitrogen and oxygen atoms in total. The van der Waals surface area contributed by atoms with E-state index in [2.05, 4.69) is 0 Å². The number of fused-ring (bicyclic) bond motifs is 1. The standard InChI is InChI=1S/C19H19NO4/c1-13(2)24-19(21)20-10-8-15-9-11-23-18(15)17(20)12-14-4-6-16(22-3)7-5-14/h4-13H,1-3H3/b17-12+. The van der Waals surface area contributed by atoms with Crippen molar-refractivity contribution in [2.75, 3.05) is 7.11 Å². The molecule has 0 saturated heterocycles. The minimum atomic E-state index is -0.442. The molecule has 0 atom stereocenters. The molecule has 3 rings (SSSR count). The highest BCUT2D eigenvalue weighted by molar-refractivity contribution is 5.94. The van der Waals surface area contributed by atoms with Crippen molar-refractivity contribution in [1.29, 1.82) is 0 Å². The molecule has 2 heterocycles. The van der Waals surface area contributed by atoms with Crippen molar-refractivity contribution < 1.29 is 18.7 Å². The van der Waals surface area contributed by atoms with Crippen LogP contribution in [-0.4, -0.2) is 24.2 Å². The maximum atomic E-state index is 12.4. The largest absolute Gasteiger partial charge is 0.497 e. The highest BCUT2D eigenvalue weighted by Crippen LogP contribution is 2.32. The Morgan fingerprint density at radius 3 is 2.62 bits per heavy atom. The van der Waals surface area contributed by atoms with Crippen LogP contribution in [0, 0.1) is 0 Å². The molecule has 1 aliphatic rings. The van der Waals surface area contributed by atoms with E-state index in [9.17, 15) is 4.79 Å². The highest BCUT2D eigenvalue weighted by Gasteiger charge is 2.26. The minimum absolute atomic E-state index is 0.203. The monoisotopic (exact) mass is 325 g/mol. The van der Waals surface area contributed by atoms with Crippen LogP contribution in [0.4, 0.5) is 4.79 Å². The summed E-state index contributed by atoms with van der Waals surface area (Å²) < 4.78 is 16.1. The lowest BCUT2D eigenvalue weighted by atomic mass is 10.1. The van der Waals surface area contributed by atoms with Crippen molar-refractivity contribution in [2.45, 2.75) is 20.0 Å². The third kappa shape index (κ3) is 3.20. The summed E-state index contributed by atoms with van der Waals surface area (Å²) in [7, 11) is 1.62. The summed E-state index contributed by atoms with van der Waals surface area (Å²) in [5, 5.41) is 0. The van der Waals surface area contributed by atoms with E-state index in [1.807, 2.05) is 56.3 Å². The van der Waals surface area contributed by atoms with Crippen molar-refractivity contribution in [3.63, 3.8) is 0 Å². The van der Waals surface area contributed by atoms with Crippen LogP contribution in [0.3, 0.4) is 0 Å². The fourth-order valence-corrected chi connectivity index (χ4v) is 2.41. The predicted octanol–water partition coefficient (Wildman–Crippen LogP) is 4.62. The van der Waals surface area contributed by atoms with E-state index in [0.29, 0.717) is 11.5 Å². The Labute approximate surface area is 140 Å². The Bertz CT molecular complexity index is 784. The Balaban J connectivity index is 1.99. The first-order valence-corrected chi connectivity index (χ1v) is 7.70. The normalized spacial score (nSPS) is 14.8. The van der Waals surface area contributed by atoms with E-state index in [4.69, 9.17) is 13.9 Å². The molecule has 0 spiro atoms. The van der Waals surface area contributed by atoms with Gasteiger partial charge in [0.25, 0.3) is 0 Å². The van der Waals surface area contributed by atoms with E-state index in [0.717, 1.165) is 16.9 Å². The molecule has 0 N–H and O–H groups in total. The third-order valence-electron chi connectivity index (χ3n) is 3.54. The number of rotatable bonds is 3. The van der Waals surface area contributed by atoms with Gasteiger partial charge in [-0.1, -0.05) is 12.1 Å². The number of amides is 1. The maximum absolute atomic E-state index is 12.4. The van der Waals surface area contributed by atoms with Crippen molar-refractivity contribution in [1.82, 2.24) is 4.90 Å². The van der Waals surface area contributed by atoms with Gasteiger partial charge in [0.2, 0.25) is 0 Å². The lowest BCUT2D eigenvalue weighted by Gasteiger charge is -2.24. The molecule has 0 saturated carbocycles. The van der Waals surface area contributed by atoms with E-state index in [1.54, 1.807) is 19.6 Å². The van der Waals surface area contributed by atoms with Gasteiger partial charge in [0.1, 0.15) is 5.75 Å². The summed E-state index contributed by atoms with van der Waals surface area (Å²) in [6.45, 7) is 3.63. The van der Waals surface area contributed by atoms with Crippen molar-refractivity contribution in [2.24, 2.45) is 0 Å². The summed E-state index contributed by atoms with van der Waals surface area (Å²) in [5.41, 5.74) is 2.47. The van der Waals surface area contributed by atoms with Gasteiger partial charge >= 0.3 is 6.09 Å². The van der Waals surface area contributed by atoms with Crippen LogP contribution in [0.25, 0.3) is 17.8 Å². The van der Waals surface area contributed by atoms with E-state index >= 15 is 0 Å². The van der Waals surface area contributed by atoms with Gasteiger partial charge < -0.3 is 13.9 Å². The first kappa shape index (κ1) is 15.9. The van der Waals surface area contributed by atoms with E-state index in [1.165, 1.54) is 4.90 Å². The molecule has 0 fully saturated rings. The molecule has 0 unspecified atom stereocenters. The number of hydrogen-bond donors (Lipinski definition) is 0. The zero-order chi connectivity index (χ0) is 17.1. The Kier molecular flexibility index (Phi) is 4.42. The highest BCUT2D eigenvalue weighted by atomic mass is 16.6. The number of carbonyl (C=O) groups excluding carboxylic acids is 1. The van der Waals surface area contributed by atoms with Crippen LogP contribution in [0.5, 0.6) is 5.75 Å². The Hall–Kier alpha value is -2.95. The average molecular weight is 325 g/mol. The van der Waals surface area contributed by atoms with Crippen LogP contribution in [0.1, 0.15) is 30.7 Å². The zero-order valence-corrected chi connectivity index (χ0v) is 13.9. The second-order valence-corrected chi connectivity index (χ2v) is 5.63. The Morgan fingerprint density at radius 2 is 1.96 bits per heavy atom. The quantitative estimate of drug-likeness (QED) is 0.826. The number of benzene rings is 1. The topological polar surface area (TPSA) is 51.9 Å². The minimum Gasteiger partial charge on any atom is -0.497 e. The molecular weight excluding hydrogens is 306 g/mol. The second-order valence-electron chi connectivity index (χ2n) is 5.63. The smallest absolute Gasteiger partial charge is 0.418 e. The van der Waals surface area contributed by atoms with Gasteiger partial charge in [-0.25, -0.2) is 9.69 Å². The van der Waals surface area contributed by atoms with E-state index in [-0.39, 0.29) is 6.10 Å². The molecule has 0 radical (unpaired) electrons. The number of nitrogens with zero attached hydrogens (tertiary/aromatic N) is 1. The molecule has 5 heteroatoms. The van der Waals surface area contributed by atoms with Crippen molar-refractivity contribution in [3.8, 4) is 5.75 Å². The number of hydrogen-bond acceptors (Lipinski definition) is 4. The molecular formula is C19H19NO4. The predicted molar refractivity (Wildman–Crippen MR) is 92.1 cm³/mol. The molecule has 0 aliphatic carbocycles. The van der Waals surface area contributed by atoms with Crippen LogP contribution in [0.15, 0.2) is 47.2 Å². The van der Waals surface area contributed by atoms with Gasteiger partial charge in [-0.3, -0.25) is 0 Å². The molecule has 1 aromatic carbocycles. The fraction of sp³-hybridized carbons (Fsp3) is 0.211. The Morgan fingerprint density at radius 1 is 1.21 bits per heavy atom. The number of furan rings is 1. The lowest BCUT2D eigenvalue weighted by molar-refractivity contribution is 0.100. The van der Waals surface area contributed by atoms with Gasteiger partial charge in [-0.05, 0) is 49.8 Å². The van der Waals surface area contributed by atoms with E-state index < -0.39 is 6.09 Å². The van der Waals surface area contributed by atoms with Crippen LogP contribution in [-0.2, 0) is 4.74 Å². The molecule has 1 aliphatic heterocycles. The number of ether oxygens (including phenoxy) is 2. The summed E-state index contributed by atoms with van der Waals surface area (Å²) in [6.07, 6.45) is 6.36. The summed E-state index contributed by atoms with van der Waals surface area (Å²) in [5.74, 6) is 1.41. The third-order valence-corrected chi connectivity index (χ3v) is 3.54. The van der Waals surface area contributed by atoms with Gasteiger partial charge in [-0.15, -0.1) is 0 Å². The van der Waals surface area contributed by atoms with Crippen LogP contribution < -0.4 is 4.74 Å². The number of methoxy groups -OCH3 is 1. The van der Waals surface area contributed by atoms with Gasteiger partial charge in [-0.2, -0.15) is 0 Å². The van der Waals surface area contributed by atoms with Gasteiger partial charge in [0.05, 0.1) is 25.2 Å². The summed E-state index contributed by atoms with van der Waals surface area (Å²) >= 11 is 0. The lowest BCUT2D eigenvalue weighted by Crippen LogP contribution is -2.28. The fourth-order valence-electron chi connectivity index (χ4n) is 2.41. The van der Waals surface area contributed by atoms with Crippen molar-refractivity contribution >= 4 is 23.9 Å². The number of carbonyl (C=O) groups is 1. The zero-order valence-electron chi connectivity index (χ0n) is 13.9. The van der Waals surface area contributed by atoms with Gasteiger partial charge in [0, 0.05) is 11.8 Å². The maximum Gasteiger partial charge on any atom is 0.418 e. The molecule has 1 amide bonds. The van der Waals surface area contributed by atoms with Gasteiger partial charge in [0.15, 0.2) is 5.76 Å². The molecule has 0 bridgehead atoms.